The maximum absolute atomic E-state index is 11.9. The Labute approximate surface area is 104 Å². The quantitative estimate of drug-likeness (QED) is 0.799. The summed E-state index contributed by atoms with van der Waals surface area (Å²) in [4.78, 5) is 0.324. The lowest BCUT2D eigenvalue weighted by molar-refractivity contribution is -0.869. The summed E-state index contributed by atoms with van der Waals surface area (Å²) in [5.74, 6) is 0. The molecular weight excluding hydrogens is 236 g/mol. The Balaban J connectivity index is 2.66. The molecule has 1 aromatic rings. The number of likely N-dealkylation sites (N-methyl/N-ethyl adjacent to an activating group) is 1. The molecule has 0 radical (unpaired) electrons. The molecule has 0 aliphatic carbocycles. The predicted molar refractivity (Wildman–Crippen MR) is 69.3 cm³/mol. The van der Waals surface area contributed by atoms with E-state index in [1.54, 1.807) is 24.3 Å². The van der Waals surface area contributed by atoms with E-state index in [0.29, 0.717) is 11.4 Å². The van der Waals surface area contributed by atoms with E-state index in [1.807, 2.05) is 28.1 Å². The van der Waals surface area contributed by atoms with Crippen LogP contribution in [-0.2, 0) is 10.0 Å². The molecule has 96 valence electrons. The summed E-state index contributed by atoms with van der Waals surface area (Å²) < 4.78 is 27.2. The van der Waals surface area contributed by atoms with Gasteiger partial charge in [-0.3, -0.25) is 0 Å². The molecule has 0 amide bonds. The average molecular weight is 257 g/mol. The molecule has 17 heavy (non-hydrogen) atoms. The lowest BCUT2D eigenvalue weighted by Gasteiger charge is -2.23. The molecule has 0 spiro atoms. The lowest BCUT2D eigenvalue weighted by Crippen LogP contribution is -2.41. The fourth-order valence-corrected chi connectivity index (χ4v) is 2.34. The first-order valence-corrected chi connectivity index (χ1v) is 7.06. The molecule has 5 heteroatoms. The molecule has 0 fully saturated rings. The highest BCUT2D eigenvalue weighted by Crippen LogP contribution is 2.09. The van der Waals surface area contributed by atoms with Crippen LogP contribution in [0.1, 0.15) is 5.56 Å². The Kier molecular flexibility index (Phi) is 4.30. The minimum Gasteiger partial charge on any atom is -0.330 e. The molecule has 1 N–H and O–H groups in total. The van der Waals surface area contributed by atoms with Crippen molar-refractivity contribution in [1.82, 2.24) is 4.72 Å². The zero-order chi connectivity index (χ0) is 13.1. The van der Waals surface area contributed by atoms with Gasteiger partial charge in [0.15, 0.2) is 0 Å². The number of hydrogen-bond acceptors (Lipinski definition) is 2. The maximum atomic E-state index is 11.9. The van der Waals surface area contributed by atoms with Gasteiger partial charge in [-0.05, 0) is 19.1 Å². The first-order chi connectivity index (χ1) is 7.71. The summed E-state index contributed by atoms with van der Waals surface area (Å²) in [7, 11) is 2.72. The predicted octanol–water partition coefficient (Wildman–Crippen LogP) is 0.980. The van der Waals surface area contributed by atoms with Gasteiger partial charge in [-0.2, -0.15) is 0 Å². The third-order valence-electron chi connectivity index (χ3n) is 2.41. The summed E-state index contributed by atoms with van der Waals surface area (Å²) in [6.45, 7) is 3.13. The van der Waals surface area contributed by atoms with Gasteiger partial charge in [0.25, 0.3) is 0 Å². The topological polar surface area (TPSA) is 46.2 Å². The van der Waals surface area contributed by atoms with Crippen molar-refractivity contribution >= 4 is 10.0 Å². The molecule has 0 aromatic heterocycles. The summed E-state index contributed by atoms with van der Waals surface area (Å²) in [6.07, 6.45) is 0. The average Bonchev–Trinajstić information content (AvgIpc) is 2.15. The zero-order valence-electron chi connectivity index (χ0n) is 10.9. The van der Waals surface area contributed by atoms with E-state index in [9.17, 15) is 8.42 Å². The van der Waals surface area contributed by atoms with Crippen molar-refractivity contribution in [1.29, 1.82) is 0 Å². The number of nitrogens with one attached hydrogen (secondary N) is 1. The molecular formula is C12H21N2O2S+. The standard InChI is InChI=1S/C12H21N2O2S/c1-11-5-7-12(8-6-11)17(15,16)13-9-10-14(2,3)4/h5-8,13H,9-10H2,1-4H3/q+1. The van der Waals surface area contributed by atoms with Gasteiger partial charge in [0.05, 0.1) is 39.1 Å². The Hall–Kier alpha value is -0.910. The molecule has 1 aromatic carbocycles. The van der Waals surface area contributed by atoms with Crippen LogP contribution in [0.2, 0.25) is 0 Å². The molecule has 0 aliphatic heterocycles. The fraction of sp³-hybridized carbons (Fsp3) is 0.500. The molecule has 4 nitrogen and oxygen atoms in total. The molecule has 0 unspecified atom stereocenters. The fourth-order valence-electron chi connectivity index (χ4n) is 1.32. The summed E-state index contributed by atoms with van der Waals surface area (Å²) in [5.41, 5.74) is 1.05. The van der Waals surface area contributed by atoms with Gasteiger partial charge in [-0.1, -0.05) is 17.7 Å². The number of hydrogen-bond donors (Lipinski definition) is 1. The first kappa shape index (κ1) is 14.2. The number of sulfonamides is 1. The van der Waals surface area contributed by atoms with Crippen LogP contribution in [0.4, 0.5) is 0 Å². The zero-order valence-corrected chi connectivity index (χ0v) is 11.7. The van der Waals surface area contributed by atoms with Crippen LogP contribution >= 0.6 is 0 Å². The van der Waals surface area contributed by atoms with Gasteiger partial charge in [-0.15, -0.1) is 0 Å². The summed E-state index contributed by atoms with van der Waals surface area (Å²) in [6, 6.07) is 6.86. The van der Waals surface area contributed by atoms with Crippen LogP contribution in [-0.4, -0.2) is 47.1 Å². The van der Waals surface area contributed by atoms with Gasteiger partial charge in [0.2, 0.25) is 10.0 Å². The largest absolute Gasteiger partial charge is 0.330 e. The second kappa shape index (κ2) is 5.16. The Bertz CT molecular complexity index is 458. The monoisotopic (exact) mass is 257 g/mol. The van der Waals surface area contributed by atoms with Gasteiger partial charge in [-0.25, -0.2) is 13.1 Å². The van der Waals surface area contributed by atoms with Crippen LogP contribution < -0.4 is 4.72 Å². The van der Waals surface area contributed by atoms with Gasteiger partial charge in [0, 0.05) is 0 Å². The Morgan fingerprint density at radius 3 is 2.12 bits per heavy atom. The minimum absolute atomic E-state index is 0.324. The number of quaternary nitrogens is 1. The van der Waals surface area contributed by atoms with Crippen LogP contribution in [0.5, 0.6) is 0 Å². The third-order valence-corrected chi connectivity index (χ3v) is 3.88. The molecule has 0 saturated heterocycles. The molecule has 0 heterocycles. The second-order valence-corrected chi connectivity index (χ2v) is 6.99. The molecule has 0 atom stereocenters. The summed E-state index contributed by atoms with van der Waals surface area (Å²) in [5, 5.41) is 0. The van der Waals surface area contributed by atoms with Crippen molar-refractivity contribution in [2.45, 2.75) is 11.8 Å². The van der Waals surface area contributed by atoms with Gasteiger partial charge in [0.1, 0.15) is 0 Å². The number of benzene rings is 1. The molecule has 0 aliphatic rings. The van der Waals surface area contributed by atoms with E-state index < -0.39 is 10.0 Å². The van der Waals surface area contributed by atoms with Crippen LogP contribution in [0.25, 0.3) is 0 Å². The highest BCUT2D eigenvalue weighted by Gasteiger charge is 2.15. The first-order valence-electron chi connectivity index (χ1n) is 5.57. The van der Waals surface area contributed by atoms with Crippen molar-refractivity contribution in [2.75, 3.05) is 34.2 Å². The summed E-state index contributed by atoms with van der Waals surface area (Å²) >= 11 is 0. The van der Waals surface area contributed by atoms with Crippen molar-refractivity contribution in [3.8, 4) is 0 Å². The van der Waals surface area contributed by atoms with Crippen LogP contribution in [0, 0.1) is 6.92 Å². The smallest absolute Gasteiger partial charge is 0.240 e. The normalized spacial score (nSPS) is 12.7. The van der Waals surface area contributed by atoms with Gasteiger partial charge >= 0.3 is 0 Å². The lowest BCUT2D eigenvalue weighted by atomic mass is 10.2. The van der Waals surface area contributed by atoms with E-state index in [1.165, 1.54) is 0 Å². The van der Waals surface area contributed by atoms with Gasteiger partial charge < -0.3 is 4.48 Å². The number of aryl methyl sites for hydroxylation is 1. The van der Waals surface area contributed by atoms with E-state index in [2.05, 4.69) is 4.72 Å². The van der Waals surface area contributed by atoms with E-state index in [0.717, 1.165) is 16.6 Å². The van der Waals surface area contributed by atoms with Crippen molar-refractivity contribution < 1.29 is 12.9 Å². The van der Waals surface area contributed by atoms with E-state index in [4.69, 9.17) is 0 Å². The number of nitrogens with zero attached hydrogens (tertiary/aromatic N) is 1. The SMILES string of the molecule is Cc1ccc(S(=O)(=O)NCC[N+](C)(C)C)cc1. The Morgan fingerprint density at radius 2 is 1.65 bits per heavy atom. The van der Waals surface area contributed by atoms with Crippen molar-refractivity contribution in [3.63, 3.8) is 0 Å². The molecule has 0 saturated carbocycles. The Morgan fingerprint density at radius 1 is 1.12 bits per heavy atom. The molecule has 1 rings (SSSR count). The van der Waals surface area contributed by atoms with Crippen molar-refractivity contribution in [3.05, 3.63) is 29.8 Å². The molecule has 0 bridgehead atoms. The number of rotatable bonds is 5. The van der Waals surface area contributed by atoms with Crippen LogP contribution in [0.3, 0.4) is 0 Å². The minimum atomic E-state index is -3.36. The van der Waals surface area contributed by atoms with Crippen LogP contribution in [0.15, 0.2) is 29.2 Å². The van der Waals surface area contributed by atoms with E-state index in [-0.39, 0.29) is 0 Å². The highest BCUT2D eigenvalue weighted by molar-refractivity contribution is 7.89. The second-order valence-electron chi connectivity index (χ2n) is 5.22. The maximum Gasteiger partial charge on any atom is 0.240 e. The van der Waals surface area contributed by atoms with E-state index >= 15 is 0 Å². The van der Waals surface area contributed by atoms with Crippen molar-refractivity contribution in [2.24, 2.45) is 0 Å². The third kappa shape index (κ3) is 4.85. The highest BCUT2D eigenvalue weighted by atomic mass is 32.2.